The highest BCUT2D eigenvalue weighted by atomic mass is 16.4. The average molecular weight is 390 g/mol. The lowest BCUT2D eigenvalue weighted by molar-refractivity contribution is -0.144. The maximum atomic E-state index is 10.3. The van der Waals surface area contributed by atoms with Crippen LogP contribution in [-0.2, 0) is 14.4 Å². The Bertz CT molecular complexity index is 387. The SMILES string of the molecule is CCCCCCCCCCCCCCCC(=O)O.NC(CC(=O)O)C(=O)O. The molecule has 0 rings (SSSR count). The maximum absolute atomic E-state index is 10.3. The summed E-state index contributed by atoms with van der Waals surface area (Å²) >= 11 is 0. The molecule has 7 nitrogen and oxygen atoms in total. The van der Waals surface area contributed by atoms with Crippen molar-refractivity contribution >= 4 is 17.9 Å². The van der Waals surface area contributed by atoms with E-state index in [1.54, 1.807) is 0 Å². The van der Waals surface area contributed by atoms with Crippen LogP contribution in [0.5, 0.6) is 0 Å². The van der Waals surface area contributed by atoms with E-state index in [2.05, 4.69) is 6.92 Å². The summed E-state index contributed by atoms with van der Waals surface area (Å²) in [5.41, 5.74) is 4.84. The third-order valence-electron chi connectivity index (χ3n) is 4.21. The normalized spacial score (nSPS) is 11.3. The maximum Gasteiger partial charge on any atom is 0.321 e. The predicted octanol–water partition coefficient (Wildman–Crippen LogP) is 4.43. The van der Waals surface area contributed by atoms with Gasteiger partial charge in [-0.1, -0.05) is 84.0 Å². The quantitative estimate of drug-likeness (QED) is 0.270. The van der Waals surface area contributed by atoms with Gasteiger partial charge in [0.15, 0.2) is 0 Å². The molecule has 0 radical (unpaired) electrons. The Balaban J connectivity index is 0. The van der Waals surface area contributed by atoms with E-state index in [0.717, 1.165) is 12.8 Å². The molecule has 0 spiro atoms. The van der Waals surface area contributed by atoms with Crippen molar-refractivity contribution in [2.75, 3.05) is 0 Å². The number of carboxylic acids is 3. The average Bonchev–Trinajstić information content (AvgIpc) is 2.58. The Morgan fingerprint density at radius 1 is 0.667 bits per heavy atom. The first-order chi connectivity index (χ1) is 12.8. The Hall–Kier alpha value is -1.63. The van der Waals surface area contributed by atoms with Crippen LogP contribution in [0.4, 0.5) is 0 Å². The zero-order chi connectivity index (χ0) is 20.9. The van der Waals surface area contributed by atoms with Crippen molar-refractivity contribution in [2.24, 2.45) is 5.73 Å². The lowest BCUT2D eigenvalue weighted by Gasteiger charge is -2.02. The number of rotatable bonds is 17. The van der Waals surface area contributed by atoms with Crippen LogP contribution >= 0.6 is 0 Å². The second-order valence-corrected chi connectivity index (χ2v) is 6.93. The van der Waals surface area contributed by atoms with Gasteiger partial charge < -0.3 is 21.1 Å². The molecule has 0 aromatic carbocycles. The van der Waals surface area contributed by atoms with Crippen molar-refractivity contribution in [1.82, 2.24) is 0 Å². The van der Waals surface area contributed by atoms with Gasteiger partial charge in [-0.15, -0.1) is 0 Å². The molecular weight excluding hydrogens is 350 g/mol. The smallest absolute Gasteiger partial charge is 0.321 e. The summed E-state index contributed by atoms with van der Waals surface area (Å²) in [5.74, 6) is -3.15. The van der Waals surface area contributed by atoms with Crippen LogP contribution in [0, 0.1) is 0 Å². The van der Waals surface area contributed by atoms with Gasteiger partial charge in [0.2, 0.25) is 0 Å². The predicted molar refractivity (Wildman–Crippen MR) is 106 cm³/mol. The molecule has 1 atom stereocenters. The molecule has 0 saturated carbocycles. The highest BCUT2D eigenvalue weighted by molar-refractivity contribution is 5.80. The van der Waals surface area contributed by atoms with Gasteiger partial charge >= 0.3 is 17.9 Å². The van der Waals surface area contributed by atoms with Gasteiger partial charge in [-0.2, -0.15) is 0 Å². The van der Waals surface area contributed by atoms with Crippen LogP contribution in [0.15, 0.2) is 0 Å². The molecule has 0 amide bonds. The van der Waals surface area contributed by atoms with E-state index < -0.39 is 30.4 Å². The molecule has 0 aromatic rings. The van der Waals surface area contributed by atoms with E-state index in [1.165, 1.54) is 70.6 Å². The molecule has 0 saturated heterocycles. The lowest BCUT2D eigenvalue weighted by atomic mass is 10.0. The molecule has 27 heavy (non-hydrogen) atoms. The number of carbonyl (C=O) groups is 3. The fraction of sp³-hybridized carbons (Fsp3) is 0.850. The fourth-order valence-corrected chi connectivity index (χ4v) is 2.57. The summed E-state index contributed by atoms with van der Waals surface area (Å²) in [6.07, 6.45) is 16.7. The van der Waals surface area contributed by atoms with Crippen molar-refractivity contribution in [1.29, 1.82) is 0 Å². The molecule has 7 heteroatoms. The molecule has 160 valence electrons. The van der Waals surface area contributed by atoms with Gasteiger partial charge in [-0.3, -0.25) is 14.4 Å². The second-order valence-electron chi connectivity index (χ2n) is 6.93. The van der Waals surface area contributed by atoms with Crippen molar-refractivity contribution in [3.8, 4) is 0 Å². The third kappa shape index (κ3) is 26.7. The Morgan fingerprint density at radius 2 is 1.04 bits per heavy atom. The fourth-order valence-electron chi connectivity index (χ4n) is 2.57. The Morgan fingerprint density at radius 3 is 1.30 bits per heavy atom. The molecular formula is C20H39NO6. The van der Waals surface area contributed by atoms with Crippen molar-refractivity contribution in [3.63, 3.8) is 0 Å². The van der Waals surface area contributed by atoms with Gasteiger partial charge in [-0.25, -0.2) is 0 Å². The molecule has 0 aromatic heterocycles. The minimum Gasteiger partial charge on any atom is -0.481 e. The zero-order valence-electron chi connectivity index (χ0n) is 16.8. The summed E-state index contributed by atoms with van der Waals surface area (Å²) in [4.78, 5) is 29.9. The molecule has 0 fully saturated rings. The number of carboxylic acid groups (broad SMARTS) is 3. The van der Waals surface area contributed by atoms with E-state index in [9.17, 15) is 14.4 Å². The largest absolute Gasteiger partial charge is 0.481 e. The standard InChI is InChI=1S/C16H32O2.C4H7NO4/c1-2-3-4-5-6-7-8-9-10-11-12-13-14-15-16(17)18;5-2(4(8)9)1-3(6)7/h2-15H2,1H3,(H,17,18);2H,1,5H2,(H,6,7)(H,8,9). The van der Waals surface area contributed by atoms with Crippen LogP contribution in [0.1, 0.15) is 103 Å². The van der Waals surface area contributed by atoms with Gasteiger partial charge in [0, 0.05) is 6.42 Å². The van der Waals surface area contributed by atoms with Gasteiger partial charge in [-0.05, 0) is 6.42 Å². The van der Waals surface area contributed by atoms with E-state index in [4.69, 9.17) is 21.1 Å². The van der Waals surface area contributed by atoms with Gasteiger partial charge in [0.25, 0.3) is 0 Å². The van der Waals surface area contributed by atoms with Gasteiger partial charge in [0.05, 0.1) is 6.42 Å². The summed E-state index contributed by atoms with van der Waals surface area (Å²) < 4.78 is 0. The topological polar surface area (TPSA) is 138 Å². The van der Waals surface area contributed by atoms with Crippen LogP contribution < -0.4 is 5.73 Å². The van der Waals surface area contributed by atoms with Crippen molar-refractivity contribution in [2.45, 2.75) is 109 Å². The molecule has 0 heterocycles. The van der Waals surface area contributed by atoms with Crippen molar-refractivity contribution < 1.29 is 29.7 Å². The minimum atomic E-state index is -1.29. The first-order valence-corrected chi connectivity index (χ1v) is 10.2. The van der Waals surface area contributed by atoms with Crippen LogP contribution in [0.3, 0.4) is 0 Å². The number of aliphatic carboxylic acids is 3. The number of hydrogen-bond donors (Lipinski definition) is 4. The number of hydrogen-bond acceptors (Lipinski definition) is 4. The summed E-state index contributed by atoms with van der Waals surface area (Å²) in [6, 6.07) is -1.29. The van der Waals surface area contributed by atoms with E-state index in [0.29, 0.717) is 6.42 Å². The Kier molecular flexibility index (Phi) is 21.1. The van der Waals surface area contributed by atoms with Crippen LogP contribution in [0.25, 0.3) is 0 Å². The van der Waals surface area contributed by atoms with Crippen LogP contribution in [0.2, 0.25) is 0 Å². The minimum absolute atomic E-state index is 0.345. The molecule has 1 unspecified atom stereocenters. The van der Waals surface area contributed by atoms with E-state index >= 15 is 0 Å². The number of nitrogens with two attached hydrogens (primary N) is 1. The first-order valence-electron chi connectivity index (χ1n) is 10.2. The summed E-state index contributed by atoms with van der Waals surface area (Å²) in [5, 5.41) is 24.5. The lowest BCUT2D eigenvalue weighted by Crippen LogP contribution is -2.32. The Labute approximate surface area is 163 Å². The zero-order valence-corrected chi connectivity index (χ0v) is 16.8. The molecule has 5 N–H and O–H groups in total. The highest BCUT2D eigenvalue weighted by Crippen LogP contribution is 2.12. The van der Waals surface area contributed by atoms with Crippen LogP contribution in [-0.4, -0.2) is 39.3 Å². The summed E-state index contributed by atoms with van der Waals surface area (Å²) in [7, 11) is 0. The molecule has 0 aliphatic carbocycles. The molecule has 0 aliphatic heterocycles. The summed E-state index contributed by atoms with van der Waals surface area (Å²) in [6.45, 7) is 2.26. The second kappa shape index (κ2) is 20.7. The van der Waals surface area contributed by atoms with Gasteiger partial charge in [0.1, 0.15) is 6.04 Å². The third-order valence-corrected chi connectivity index (χ3v) is 4.21. The van der Waals surface area contributed by atoms with E-state index in [1.807, 2.05) is 0 Å². The van der Waals surface area contributed by atoms with Crippen molar-refractivity contribution in [3.05, 3.63) is 0 Å². The molecule has 0 bridgehead atoms. The first kappa shape index (κ1) is 27.6. The van der Waals surface area contributed by atoms with E-state index in [-0.39, 0.29) is 0 Å². The molecule has 0 aliphatic rings. The highest BCUT2D eigenvalue weighted by Gasteiger charge is 2.14. The number of unbranched alkanes of at least 4 members (excludes halogenated alkanes) is 12. The monoisotopic (exact) mass is 389 g/mol.